The molecule has 166 valence electrons. The summed E-state index contributed by atoms with van der Waals surface area (Å²) in [6, 6.07) is 11.5. The van der Waals surface area contributed by atoms with Crippen molar-refractivity contribution in [3.8, 4) is 9.88 Å². The molecule has 4 aromatic rings. The van der Waals surface area contributed by atoms with Crippen molar-refractivity contribution in [1.29, 1.82) is 0 Å². The number of amides is 2. The van der Waals surface area contributed by atoms with Crippen molar-refractivity contribution in [2.75, 3.05) is 18.4 Å². The largest absolute Gasteiger partial charge is 0.342 e. The second kappa shape index (κ2) is 9.85. The fourth-order valence-corrected chi connectivity index (χ4v) is 5.47. The van der Waals surface area contributed by atoms with Crippen molar-refractivity contribution in [3.05, 3.63) is 58.0 Å². The Kier molecular flexibility index (Phi) is 6.93. The van der Waals surface area contributed by atoms with E-state index in [0.717, 1.165) is 36.5 Å². The highest BCUT2D eigenvalue weighted by molar-refractivity contribution is 7.23. The Morgan fingerprint density at radius 1 is 1.16 bits per heavy atom. The Hall–Kier alpha value is -2.68. The van der Waals surface area contributed by atoms with Crippen molar-refractivity contribution in [2.24, 2.45) is 0 Å². The van der Waals surface area contributed by atoms with Crippen molar-refractivity contribution in [2.45, 2.75) is 26.8 Å². The molecule has 0 unspecified atom stereocenters. The van der Waals surface area contributed by atoms with Crippen molar-refractivity contribution in [3.63, 3.8) is 0 Å². The summed E-state index contributed by atoms with van der Waals surface area (Å²) in [6.07, 6.45) is 2.11. The summed E-state index contributed by atoms with van der Waals surface area (Å²) in [6.45, 7) is 5.67. The molecule has 4 rings (SSSR count). The van der Waals surface area contributed by atoms with E-state index in [-0.39, 0.29) is 18.2 Å². The number of nitrogens with one attached hydrogen (secondary N) is 1. The van der Waals surface area contributed by atoms with Crippen LogP contribution in [0.1, 0.15) is 19.5 Å². The molecule has 0 saturated carbocycles. The van der Waals surface area contributed by atoms with Gasteiger partial charge in [0.2, 0.25) is 11.8 Å². The summed E-state index contributed by atoms with van der Waals surface area (Å²) in [5.74, 6) is -0.0288. The van der Waals surface area contributed by atoms with Crippen LogP contribution in [0, 0.1) is 0 Å². The number of aromatic nitrogens is 2. The molecule has 6 nitrogen and oxygen atoms in total. The minimum absolute atomic E-state index is 0.0948. The molecule has 9 heteroatoms. The lowest BCUT2D eigenvalue weighted by Crippen LogP contribution is -2.33. The normalized spacial score (nSPS) is 11.1. The molecule has 2 amide bonds. The van der Waals surface area contributed by atoms with Crippen molar-refractivity contribution in [1.82, 2.24) is 14.5 Å². The summed E-state index contributed by atoms with van der Waals surface area (Å²) in [4.78, 5) is 32.3. The van der Waals surface area contributed by atoms with Crippen LogP contribution >= 0.6 is 34.3 Å². The number of hydrogen-bond donors (Lipinski definition) is 1. The number of thiophene rings is 1. The van der Waals surface area contributed by atoms with Gasteiger partial charge in [-0.15, -0.1) is 22.7 Å². The Morgan fingerprint density at radius 2 is 1.97 bits per heavy atom. The van der Waals surface area contributed by atoms with Gasteiger partial charge in [-0.2, -0.15) is 0 Å². The molecule has 0 radical (unpaired) electrons. The van der Waals surface area contributed by atoms with E-state index < -0.39 is 0 Å². The molecule has 1 N–H and O–H groups in total. The molecular weight excluding hydrogens is 464 g/mol. The number of thiazole rings is 1. The van der Waals surface area contributed by atoms with E-state index in [1.807, 2.05) is 71.3 Å². The summed E-state index contributed by atoms with van der Waals surface area (Å²) >= 11 is 8.98. The van der Waals surface area contributed by atoms with Crippen LogP contribution < -0.4 is 5.32 Å². The van der Waals surface area contributed by atoms with Crippen LogP contribution in [0.5, 0.6) is 0 Å². The zero-order chi connectivity index (χ0) is 22.7. The molecule has 0 fully saturated rings. The molecule has 0 atom stereocenters. The first-order chi connectivity index (χ1) is 15.5. The molecule has 0 spiro atoms. The number of anilines is 1. The number of fused-ring (bicyclic) bond motifs is 1. The van der Waals surface area contributed by atoms with Gasteiger partial charge in [0.25, 0.3) is 0 Å². The quantitative estimate of drug-likeness (QED) is 0.356. The summed E-state index contributed by atoms with van der Waals surface area (Å²) in [5, 5.41) is 6.69. The third-order valence-electron chi connectivity index (χ3n) is 5.15. The molecule has 0 saturated heterocycles. The minimum atomic E-state index is -0.124. The van der Waals surface area contributed by atoms with Crippen LogP contribution in [0.2, 0.25) is 4.34 Å². The second-order valence-electron chi connectivity index (χ2n) is 7.26. The maximum absolute atomic E-state index is 12.5. The van der Waals surface area contributed by atoms with E-state index in [4.69, 9.17) is 11.6 Å². The van der Waals surface area contributed by atoms with Gasteiger partial charge in [-0.25, -0.2) is 4.98 Å². The first-order valence-electron chi connectivity index (χ1n) is 10.3. The van der Waals surface area contributed by atoms with Gasteiger partial charge >= 0.3 is 0 Å². The number of halogens is 1. The monoisotopic (exact) mass is 486 g/mol. The van der Waals surface area contributed by atoms with Gasteiger partial charge in [-0.1, -0.05) is 11.6 Å². The van der Waals surface area contributed by atoms with Gasteiger partial charge in [0.15, 0.2) is 0 Å². The maximum Gasteiger partial charge on any atom is 0.242 e. The van der Waals surface area contributed by atoms with Crippen LogP contribution in [-0.2, 0) is 22.6 Å². The first kappa shape index (κ1) is 22.5. The van der Waals surface area contributed by atoms with Crippen molar-refractivity contribution >= 4 is 62.7 Å². The van der Waals surface area contributed by atoms with Gasteiger partial charge in [0, 0.05) is 41.3 Å². The van der Waals surface area contributed by atoms with E-state index in [0.29, 0.717) is 19.6 Å². The average Bonchev–Trinajstić information content (AvgIpc) is 3.49. The van der Waals surface area contributed by atoms with Gasteiger partial charge in [-0.3, -0.25) is 9.59 Å². The highest BCUT2D eigenvalue weighted by Gasteiger charge is 2.13. The molecule has 3 heterocycles. The molecule has 1 aromatic carbocycles. The Bertz CT molecular complexity index is 1260. The SMILES string of the molecule is CCN(CC)C(=O)Cn1ccc2cc(NC(=O)Cc3csc(-c4ccc(Cl)s4)n3)ccc21. The number of rotatable bonds is 8. The fourth-order valence-electron chi connectivity index (χ4n) is 3.54. The highest BCUT2D eigenvalue weighted by Crippen LogP contribution is 2.33. The lowest BCUT2D eigenvalue weighted by Gasteiger charge is -2.19. The van der Waals surface area contributed by atoms with Crippen LogP contribution in [0.25, 0.3) is 20.8 Å². The smallest absolute Gasteiger partial charge is 0.242 e. The lowest BCUT2D eigenvalue weighted by molar-refractivity contribution is -0.131. The van der Waals surface area contributed by atoms with Gasteiger partial charge < -0.3 is 14.8 Å². The number of carbonyl (C=O) groups excluding carboxylic acids is 2. The number of hydrogen-bond acceptors (Lipinski definition) is 5. The van der Waals surface area contributed by atoms with Crippen LogP contribution in [-0.4, -0.2) is 39.4 Å². The van der Waals surface area contributed by atoms with E-state index in [1.54, 1.807) is 0 Å². The Labute approximate surface area is 199 Å². The minimum Gasteiger partial charge on any atom is -0.342 e. The molecular formula is C23H23ClN4O2S2. The van der Waals surface area contributed by atoms with E-state index in [2.05, 4.69) is 10.3 Å². The molecule has 0 bridgehead atoms. The predicted molar refractivity (Wildman–Crippen MR) is 133 cm³/mol. The van der Waals surface area contributed by atoms with Crippen molar-refractivity contribution < 1.29 is 9.59 Å². The van der Waals surface area contributed by atoms with Gasteiger partial charge in [-0.05, 0) is 50.2 Å². The van der Waals surface area contributed by atoms with E-state index in [1.165, 1.54) is 22.7 Å². The molecule has 0 aliphatic heterocycles. The molecule has 3 aromatic heterocycles. The Balaban J connectivity index is 1.40. The maximum atomic E-state index is 12.5. The topological polar surface area (TPSA) is 67.2 Å². The summed E-state index contributed by atoms with van der Waals surface area (Å²) in [7, 11) is 0. The number of nitrogens with zero attached hydrogens (tertiary/aromatic N) is 3. The highest BCUT2D eigenvalue weighted by atomic mass is 35.5. The second-order valence-corrected chi connectivity index (χ2v) is 9.83. The van der Waals surface area contributed by atoms with Crippen LogP contribution in [0.4, 0.5) is 5.69 Å². The number of carbonyl (C=O) groups is 2. The predicted octanol–water partition coefficient (Wildman–Crippen LogP) is 5.53. The lowest BCUT2D eigenvalue weighted by atomic mass is 10.2. The zero-order valence-corrected chi connectivity index (χ0v) is 20.2. The molecule has 32 heavy (non-hydrogen) atoms. The van der Waals surface area contributed by atoms with Crippen LogP contribution in [0.3, 0.4) is 0 Å². The number of benzene rings is 1. The average molecular weight is 487 g/mol. The molecule has 0 aliphatic carbocycles. The third kappa shape index (κ3) is 5.03. The first-order valence-corrected chi connectivity index (χ1v) is 12.4. The van der Waals surface area contributed by atoms with Gasteiger partial charge in [0.1, 0.15) is 11.6 Å². The summed E-state index contributed by atoms with van der Waals surface area (Å²) in [5.41, 5.74) is 2.41. The molecule has 0 aliphatic rings. The van der Waals surface area contributed by atoms with Gasteiger partial charge in [0.05, 0.1) is 21.3 Å². The Morgan fingerprint density at radius 3 is 2.69 bits per heavy atom. The van der Waals surface area contributed by atoms with Crippen LogP contribution in [0.15, 0.2) is 48.0 Å². The van der Waals surface area contributed by atoms with E-state index in [9.17, 15) is 9.59 Å². The standard InChI is InChI=1S/C23H23ClN4O2S2/c1-3-27(4-2)22(30)13-28-10-9-15-11-16(5-6-18(15)28)25-21(29)12-17-14-31-23(26-17)19-7-8-20(24)32-19/h5-11,14H,3-4,12-13H2,1-2H3,(H,25,29). The van der Waals surface area contributed by atoms with E-state index >= 15 is 0 Å². The summed E-state index contributed by atoms with van der Waals surface area (Å²) < 4.78 is 2.66. The zero-order valence-electron chi connectivity index (χ0n) is 17.8. The third-order valence-corrected chi connectivity index (χ3v) is 7.45. The number of likely N-dealkylation sites (N-methyl/N-ethyl adjacent to an activating group) is 1. The fraction of sp³-hybridized carbons (Fsp3) is 0.261.